The van der Waals surface area contributed by atoms with Gasteiger partial charge in [0.25, 0.3) is 0 Å². The Kier molecular flexibility index (Phi) is 11.3. The third-order valence-corrected chi connectivity index (χ3v) is 9.10. The Morgan fingerprint density at radius 2 is 1.58 bits per heavy atom. The van der Waals surface area contributed by atoms with Crippen molar-refractivity contribution in [3.05, 3.63) is 94.0 Å². The summed E-state index contributed by atoms with van der Waals surface area (Å²) in [5.41, 5.74) is 1.75. The summed E-state index contributed by atoms with van der Waals surface area (Å²) in [6, 6.07) is 20.2. The smallest absolute Gasteiger partial charge is 0.244 e. The number of ether oxygens (including phenoxy) is 1. The molecule has 0 radical (unpaired) electrons. The van der Waals surface area contributed by atoms with Crippen LogP contribution in [-0.2, 0) is 32.6 Å². The molecule has 2 amide bonds. The minimum Gasteiger partial charge on any atom is -0.497 e. The molecule has 1 N–H and O–H groups in total. The molecule has 8 nitrogen and oxygen atoms in total. The third-order valence-electron chi connectivity index (χ3n) is 7.52. The highest BCUT2D eigenvalue weighted by Crippen LogP contribution is 2.28. The molecule has 0 saturated heterocycles. The van der Waals surface area contributed by atoms with Crippen LogP contribution in [-0.4, -0.2) is 57.1 Å². The second-order valence-electron chi connectivity index (χ2n) is 10.8. The Morgan fingerprint density at radius 3 is 2.21 bits per heavy atom. The van der Waals surface area contributed by atoms with Crippen LogP contribution in [0.1, 0.15) is 43.2 Å². The molecule has 1 atom stereocenters. The molecule has 0 heterocycles. The highest BCUT2D eigenvalue weighted by atomic mass is 35.5. The number of methoxy groups -OCH3 is 1. The molecular formula is C32H37Cl2N3O5S. The Bertz CT molecular complexity index is 1490. The van der Waals surface area contributed by atoms with Crippen LogP contribution in [0.25, 0.3) is 0 Å². The van der Waals surface area contributed by atoms with Crippen molar-refractivity contribution < 1.29 is 22.7 Å². The maximum absolute atomic E-state index is 14.3. The first kappa shape index (κ1) is 32.6. The van der Waals surface area contributed by atoms with Crippen molar-refractivity contribution in [1.82, 2.24) is 10.2 Å². The summed E-state index contributed by atoms with van der Waals surface area (Å²) >= 11 is 12.4. The average Bonchev–Trinajstić information content (AvgIpc) is 2.97. The Hall–Kier alpha value is -3.27. The minimum atomic E-state index is -3.94. The van der Waals surface area contributed by atoms with Gasteiger partial charge in [-0.05, 0) is 54.3 Å². The van der Waals surface area contributed by atoms with Gasteiger partial charge in [0.15, 0.2) is 0 Å². The van der Waals surface area contributed by atoms with E-state index >= 15 is 0 Å². The lowest BCUT2D eigenvalue weighted by molar-refractivity contribution is -0.140. The van der Waals surface area contributed by atoms with Crippen LogP contribution in [0, 0.1) is 0 Å². The fraction of sp³-hybridized carbons (Fsp3) is 0.375. The van der Waals surface area contributed by atoms with Gasteiger partial charge in [-0.2, -0.15) is 0 Å². The maximum Gasteiger partial charge on any atom is 0.244 e. The topological polar surface area (TPSA) is 96.0 Å². The SMILES string of the molecule is COc1cccc(CN(C(=O)CN(c2cc(Cl)cc(Cl)c2)S(C)(=O)=O)[C@H](Cc2ccccc2)C(=O)NC2CCCCC2)c1. The number of halogens is 2. The van der Waals surface area contributed by atoms with Gasteiger partial charge in [0.2, 0.25) is 21.8 Å². The van der Waals surface area contributed by atoms with Gasteiger partial charge in [-0.3, -0.25) is 13.9 Å². The number of hydrogen-bond acceptors (Lipinski definition) is 5. The molecule has 230 valence electrons. The zero-order valence-corrected chi connectivity index (χ0v) is 26.7. The summed E-state index contributed by atoms with van der Waals surface area (Å²) in [6.45, 7) is -0.499. The third kappa shape index (κ3) is 9.36. The van der Waals surface area contributed by atoms with Gasteiger partial charge in [0.1, 0.15) is 18.3 Å². The number of sulfonamides is 1. The van der Waals surface area contributed by atoms with Crippen LogP contribution in [0.4, 0.5) is 5.69 Å². The summed E-state index contributed by atoms with van der Waals surface area (Å²) in [6.07, 6.45) is 6.22. The summed E-state index contributed by atoms with van der Waals surface area (Å²) < 4.78 is 32.3. The lowest BCUT2D eigenvalue weighted by Gasteiger charge is -2.35. The van der Waals surface area contributed by atoms with E-state index in [1.807, 2.05) is 42.5 Å². The van der Waals surface area contributed by atoms with E-state index in [4.69, 9.17) is 27.9 Å². The number of rotatable bonds is 12. The number of carbonyl (C=O) groups excluding carboxylic acids is 2. The zero-order valence-electron chi connectivity index (χ0n) is 24.3. The number of carbonyl (C=O) groups is 2. The van der Waals surface area contributed by atoms with Crippen LogP contribution in [0.2, 0.25) is 10.0 Å². The fourth-order valence-corrected chi connectivity index (χ4v) is 6.71. The van der Waals surface area contributed by atoms with Crippen LogP contribution in [0.15, 0.2) is 72.8 Å². The normalized spacial score (nSPS) is 14.5. The molecule has 0 aliphatic heterocycles. The van der Waals surface area contributed by atoms with E-state index in [9.17, 15) is 18.0 Å². The molecule has 3 aromatic carbocycles. The molecule has 3 aromatic rings. The molecule has 43 heavy (non-hydrogen) atoms. The summed E-state index contributed by atoms with van der Waals surface area (Å²) in [5.74, 6) is -0.227. The van der Waals surface area contributed by atoms with E-state index in [1.165, 1.54) is 23.1 Å². The first-order valence-electron chi connectivity index (χ1n) is 14.2. The minimum absolute atomic E-state index is 0.0226. The summed E-state index contributed by atoms with van der Waals surface area (Å²) in [5, 5.41) is 3.64. The molecule has 0 spiro atoms. The molecule has 0 aromatic heterocycles. The largest absolute Gasteiger partial charge is 0.497 e. The van der Waals surface area contributed by atoms with Crippen molar-refractivity contribution in [3.63, 3.8) is 0 Å². The van der Waals surface area contributed by atoms with Crippen LogP contribution in [0.3, 0.4) is 0 Å². The molecule has 1 aliphatic carbocycles. The fourth-order valence-electron chi connectivity index (χ4n) is 5.36. The lowest BCUT2D eigenvalue weighted by atomic mass is 9.94. The molecule has 1 aliphatic rings. The highest BCUT2D eigenvalue weighted by molar-refractivity contribution is 7.92. The average molecular weight is 647 g/mol. The number of nitrogens with zero attached hydrogens (tertiary/aromatic N) is 2. The van der Waals surface area contributed by atoms with Gasteiger partial charge in [-0.25, -0.2) is 8.42 Å². The number of hydrogen-bond donors (Lipinski definition) is 1. The van der Waals surface area contributed by atoms with E-state index < -0.39 is 28.5 Å². The van der Waals surface area contributed by atoms with Crippen molar-refractivity contribution in [1.29, 1.82) is 0 Å². The quantitative estimate of drug-likeness (QED) is 0.266. The van der Waals surface area contributed by atoms with Crippen LogP contribution < -0.4 is 14.4 Å². The second-order valence-corrected chi connectivity index (χ2v) is 13.6. The first-order valence-corrected chi connectivity index (χ1v) is 16.8. The number of anilines is 1. The molecule has 4 rings (SSSR count). The van der Waals surface area contributed by atoms with Crippen molar-refractivity contribution >= 4 is 50.7 Å². The van der Waals surface area contributed by atoms with E-state index in [1.54, 1.807) is 19.2 Å². The van der Waals surface area contributed by atoms with Crippen LogP contribution in [0.5, 0.6) is 5.75 Å². The van der Waals surface area contributed by atoms with Gasteiger partial charge in [0.05, 0.1) is 19.1 Å². The van der Waals surface area contributed by atoms with E-state index in [2.05, 4.69) is 5.32 Å². The molecule has 0 unspecified atom stereocenters. The van der Waals surface area contributed by atoms with Gasteiger partial charge in [0, 0.05) is 29.1 Å². The molecule has 0 bridgehead atoms. The molecular weight excluding hydrogens is 609 g/mol. The number of nitrogens with one attached hydrogen (secondary N) is 1. The van der Waals surface area contributed by atoms with Gasteiger partial charge in [-0.1, -0.05) is 84.9 Å². The number of amides is 2. The van der Waals surface area contributed by atoms with Crippen LogP contribution >= 0.6 is 23.2 Å². The Morgan fingerprint density at radius 1 is 0.930 bits per heavy atom. The highest BCUT2D eigenvalue weighted by Gasteiger charge is 2.34. The Labute approximate surface area is 264 Å². The molecule has 1 fully saturated rings. The summed E-state index contributed by atoms with van der Waals surface area (Å²) in [4.78, 5) is 29.8. The Balaban J connectivity index is 1.74. The number of benzene rings is 3. The predicted octanol–water partition coefficient (Wildman–Crippen LogP) is 5.86. The van der Waals surface area contributed by atoms with Crippen molar-refractivity contribution in [2.75, 3.05) is 24.2 Å². The molecule has 1 saturated carbocycles. The van der Waals surface area contributed by atoms with Gasteiger partial charge >= 0.3 is 0 Å². The van der Waals surface area contributed by atoms with E-state index in [0.717, 1.165) is 53.8 Å². The first-order chi connectivity index (χ1) is 20.5. The summed E-state index contributed by atoms with van der Waals surface area (Å²) in [7, 11) is -2.39. The van der Waals surface area contributed by atoms with Crippen molar-refractivity contribution in [2.24, 2.45) is 0 Å². The maximum atomic E-state index is 14.3. The monoisotopic (exact) mass is 645 g/mol. The second kappa shape index (κ2) is 14.9. The lowest BCUT2D eigenvalue weighted by Crippen LogP contribution is -2.55. The molecule has 11 heteroatoms. The van der Waals surface area contributed by atoms with E-state index in [0.29, 0.717) is 5.75 Å². The predicted molar refractivity (Wildman–Crippen MR) is 171 cm³/mol. The van der Waals surface area contributed by atoms with E-state index in [-0.39, 0.29) is 40.6 Å². The zero-order chi connectivity index (χ0) is 31.0. The van der Waals surface area contributed by atoms with Gasteiger partial charge < -0.3 is 15.0 Å². The van der Waals surface area contributed by atoms with Crippen molar-refractivity contribution in [3.8, 4) is 5.75 Å². The standard InChI is InChI=1S/C32H37Cl2N3O5S/c1-42-29-15-9-12-24(16-29)21-36(31(38)22-37(43(2,40)41)28-19-25(33)18-26(34)20-28)30(17-23-10-5-3-6-11-23)32(39)35-27-13-7-4-8-14-27/h3,5-6,9-12,15-16,18-20,27,30H,4,7-8,13-14,17,21-22H2,1-2H3,(H,35,39)/t30-/m1/s1. The van der Waals surface area contributed by atoms with Gasteiger partial charge in [-0.15, -0.1) is 0 Å². The van der Waals surface area contributed by atoms with Crippen molar-refractivity contribution in [2.45, 2.75) is 57.2 Å².